The SMILES string of the molecule is Cc1cnc([C@H]2OC(n3cnc4c(NCCC5CCCCC5)nc(N[C@H](CO)Cc5ccccc5)nc43)[C@H](O)[C@@H]2O)o1. The molecule has 3 aromatic heterocycles. The number of nitrogens with zero attached hydrogens (tertiary/aromatic N) is 5. The minimum absolute atomic E-state index is 0.117. The molecule has 42 heavy (non-hydrogen) atoms. The molecule has 224 valence electrons. The highest BCUT2D eigenvalue weighted by atomic mass is 16.6. The summed E-state index contributed by atoms with van der Waals surface area (Å²) in [5.41, 5.74) is 2.02. The van der Waals surface area contributed by atoms with Gasteiger partial charge in [-0.25, -0.2) is 9.97 Å². The molecule has 1 unspecified atom stereocenters. The monoisotopic (exact) mass is 577 g/mol. The first-order valence-electron chi connectivity index (χ1n) is 14.8. The van der Waals surface area contributed by atoms with Gasteiger partial charge in [-0.1, -0.05) is 62.4 Å². The molecular weight excluding hydrogens is 538 g/mol. The Bertz CT molecular complexity index is 1460. The quantitative estimate of drug-likeness (QED) is 0.177. The first-order valence-corrected chi connectivity index (χ1v) is 14.8. The van der Waals surface area contributed by atoms with Crippen LogP contribution in [0.2, 0.25) is 0 Å². The summed E-state index contributed by atoms with van der Waals surface area (Å²) in [4.78, 5) is 18.3. The summed E-state index contributed by atoms with van der Waals surface area (Å²) in [7, 11) is 0. The number of benzene rings is 1. The number of aryl methyl sites for hydroxylation is 1. The molecule has 1 aromatic carbocycles. The van der Waals surface area contributed by atoms with E-state index in [1.54, 1.807) is 17.7 Å². The van der Waals surface area contributed by atoms with Gasteiger partial charge >= 0.3 is 0 Å². The molecule has 0 bridgehead atoms. The van der Waals surface area contributed by atoms with Gasteiger partial charge in [-0.15, -0.1) is 0 Å². The molecule has 1 saturated carbocycles. The van der Waals surface area contributed by atoms with E-state index in [9.17, 15) is 15.3 Å². The molecule has 6 rings (SSSR count). The Morgan fingerprint density at radius 1 is 1.05 bits per heavy atom. The number of aromatic nitrogens is 5. The highest BCUT2D eigenvalue weighted by molar-refractivity contribution is 5.84. The third kappa shape index (κ3) is 6.12. The fourth-order valence-corrected chi connectivity index (χ4v) is 6.00. The molecule has 0 spiro atoms. The van der Waals surface area contributed by atoms with Crippen molar-refractivity contribution in [3.05, 3.63) is 60.1 Å². The number of hydrogen-bond donors (Lipinski definition) is 5. The highest BCUT2D eigenvalue weighted by Gasteiger charge is 2.47. The Kier molecular flexibility index (Phi) is 8.66. The van der Waals surface area contributed by atoms with Crippen LogP contribution in [0.1, 0.15) is 68.1 Å². The van der Waals surface area contributed by atoms with Crippen molar-refractivity contribution < 1.29 is 24.5 Å². The van der Waals surface area contributed by atoms with Gasteiger partial charge in [0.05, 0.1) is 25.2 Å². The molecule has 5 N–H and O–H groups in total. The lowest BCUT2D eigenvalue weighted by Crippen LogP contribution is -2.29. The Morgan fingerprint density at radius 3 is 2.60 bits per heavy atom. The van der Waals surface area contributed by atoms with Gasteiger partial charge in [0.25, 0.3) is 0 Å². The smallest absolute Gasteiger partial charge is 0.227 e. The third-order valence-corrected chi connectivity index (χ3v) is 8.26. The normalized spacial score (nSPS) is 23.8. The van der Waals surface area contributed by atoms with E-state index in [4.69, 9.17) is 19.1 Å². The maximum absolute atomic E-state index is 11.0. The van der Waals surface area contributed by atoms with Crippen molar-refractivity contribution in [2.45, 2.75) is 82.5 Å². The number of fused-ring (bicyclic) bond motifs is 1. The van der Waals surface area contributed by atoms with Crippen LogP contribution in [0.3, 0.4) is 0 Å². The van der Waals surface area contributed by atoms with Crippen molar-refractivity contribution >= 4 is 22.9 Å². The zero-order valence-corrected chi connectivity index (χ0v) is 23.8. The van der Waals surface area contributed by atoms with Crippen LogP contribution in [0, 0.1) is 12.8 Å². The lowest BCUT2D eigenvalue weighted by Gasteiger charge is -2.22. The Labute approximate surface area is 244 Å². The Morgan fingerprint density at radius 2 is 1.86 bits per heavy atom. The van der Waals surface area contributed by atoms with Gasteiger partial charge in [0, 0.05) is 6.54 Å². The average molecular weight is 578 g/mol. The van der Waals surface area contributed by atoms with Crippen LogP contribution >= 0.6 is 0 Å². The molecular formula is C30H39N7O5. The molecule has 0 amide bonds. The van der Waals surface area contributed by atoms with Crippen LogP contribution in [-0.4, -0.2) is 71.2 Å². The molecule has 0 radical (unpaired) electrons. The number of anilines is 2. The molecule has 1 aliphatic carbocycles. The molecule has 4 aromatic rings. The maximum Gasteiger partial charge on any atom is 0.227 e. The fourth-order valence-electron chi connectivity index (χ4n) is 6.00. The van der Waals surface area contributed by atoms with Crippen LogP contribution in [0.25, 0.3) is 11.2 Å². The van der Waals surface area contributed by atoms with Gasteiger partial charge in [0.2, 0.25) is 11.8 Å². The van der Waals surface area contributed by atoms with Crippen molar-refractivity contribution in [2.24, 2.45) is 5.92 Å². The number of hydrogen-bond acceptors (Lipinski definition) is 11. The Hall–Kier alpha value is -3.58. The number of rotatable bonds is 11. The molecule has 1 saturated heterocycles. The lowest BCUT2D eigenvalue weighted by molar-refractivity contribution is -0.0438. The topological polar surface area (TPSA) is 164 Å². The van der Waals surface area contributed by atoms with Crippen LogP contribution in [-0.2, 0) is 11.2 Å². The minimum atomic E-state index is -1.28. The number of imidazole rings is 1. The zero-order chi connectivity index (χ0) is 29.1. The van der Waals surface area contributed by atoms with Crippen LogP contribution in [0.4, 0.5) is 11.8 Å². The number of nitrogens with one attached hydrogen (secondary N) is 2. The summed E-state index contributed by atoms with van der Waals surface area (Å²) < 4.78 is 13.3. The predicted octanol–water partition coefficient (Wildman–Crippen LogP) is 3.51. The van der Waals surface area contributed by atoms with Crippen molar-refractivity contribution in [3.63, 3.8) is 0 Å². The summed E-state index contributed by atoms with van der Waals surface area (Å²) in [5.74, 6) is 2.34. The number of ether oxygens (including phenoxy) is 1. The van der Waals surface area contributed by atoms with Crippen LogP contribution in [0.15, 0.2) is 47.3 Å². The van der Waals surface area contributed by atoms with E-state index < -0.39 is 24.5 Å². The largest absolute Gasteiger partial charge is 0.443 e. The molecule has 12 nitrogen and oxygen atoms in total. The van der Waals surface area contributed by atoms with Gasteiger partial charge in [0.1, 0.15) is 18.0 Å². The van der Waals surface area contributed by atoms with Crippen molar-refractivity contribution in [3.8, 4) is 0 Å². The van der Waals surface area contributed by atoms with Crippen molar-refractivity contribution in [1.29, 1.82) is 0 Å². The van der Waals surface area contributed by atoms with Gasteiger partial charge < -0.3 is 35.1 Å². The fraction of sp³-hybridized carbons (Fsp3) is 0.533. The van der Waals surface area contributed by atoms with Crippen LogP contribution < -0.4 is 10.6 Å². The zero-order valence-electron chi connectivity index (χ0n) is 23.8. The number of oxazole rings is 1. The number of aliphatic hydroxyl groups is 3. The van der Waals surface area contributed by atoms with Crippen molar-refractivity contribution in [2.75, 3.05) is 23.8 Å². The highest BCUT2D eigenvalue weighted by Crippen LogP contribution is 2.40. The molecule has 1 aliphatic heterocycles. The van der Waals surface area contributed by atoms with Gasteiger partial charge in [0.15, 0.2) is 29.3 Å². The summed E-state index contributed by atoms with van der Waals surface area (Å²) in [6, 6.07) is 9.58. The molecule has 2 aliphatic rings. The molecule has 5 atom stereocenters. The summed E-state index contributed by atoms with van der Waals surface area (Å²) in [5, 5.41) is 38.7. The molecule has 2 fully saturated rings. The lowest BCUT2D eigenvalue weighted by atomic mass is 9.87. The second-order valence-electron chi connectivity index (χ2n) is 11.4. The average Bonchev–Trinajstić information content (AvgIpc) is 3.71. The second kappa shape index (κ2) is 12.7. The third-order valence-electron chi connectivity index (χ3n) is 8.26. The van der Waals surface area contributed by atoms with Gasteiger partial charge in [-0.3, -0.25) is 4.57 Å². The van der Waals surface area contributed by atoms with Crippen molar-refractivity contribution in [1.82, 2.24) is 24.5 Å². The van der Waals surface area contributed by atoms with E-state index in [1.807, 2.05) is 30.3 Å². The second-order valence-corrected chi connectivity index (χ2v) is 11.4. The first-order chi connectivity index (χ1) is 20.5. The summed E-state index contributed by atoms with van der Waals surface area (Å²) in [6.45, 7) is 2.37. The maximum atomic E-state index is 11.0. The predicted molar refractivity (Wildman–Crippen MR) is 156 cm³/mol. The molecule has 4 heterocycles. The van der Waals surface area contributed by atoms with Crippen LogP contribution in [0.5, 0.6) is 0 Å². The van der Waals surface area contributed by atoms with E-state index in [1.165, 1.54) is 38.4 Å². The summed E-state index contributed by atoms with van der Waals surface area (Å²) in [6.07, 6.45) is 6.61. The van der Waals surface area contributed by atoms with E-state index in [0.29, 0.717) is 41.0 Å². The molecule has 12 heteroatoms. The number of aliphatic hydroxyl groups excluding tert-OH is 3. The van der Waals surface area contributed by atoms with Gasteiger partial charge in [-0.2, -0.15) is 9.97 Å². The first kappa shape index (κ1) is 28.5. The van der Waals surface area contributed by atoms with Gasteiger partial charge in [-0.05, 0) is 31.2 Å². The standard InChI is InChI=1S/C30H39N7O5/c1-18-15-32-28(41-18)25-23(39)24(40)29(42-25)37-17-33-22-26(31-13-12-19-8-4-2-5-9-19)35-30(36-27(22)37)34-21(16-38)14-20-10-6-3-7-11-20/h3,6-7,10-11,15,17,19,21,23-25,29,38-40H,2,4-5,8-9,12-14,16H2,1H3,(H2,31,34,35,36)/t21-,23-,24+,25-,29?/m0/s1. The van der Waals surface area contributed by atoms with E-state index in [-0.39, 0.29) is 18.5 Å². The van der Waals surface area contributed by atoms with E-state index in [2.05, 4.69) is 20.6 Å². The Balaban J connectivity index is 1.29. The minimum Gasteiger partial charge on any atom is -0.443 e. The van der Waals surface area contributed by atoms with E-state index in [0.717, 1.165) is 18.5 Å². The summed E-state index contributed by atoms with van der Waals surface area (Å²) >= 11 is 0. The van der Waals surface area contributed by atoms with E-state index >= 15 is 0 Å².